The summed E-state index contributed by atoms with van der Waals surface area (Å²) in [4.78, 5) is 13.4. The van der Waals surface area contributed by atoms with Crippen LogP contribution in [0.4, 0.5) is 0 Å². The fraction of sp³-hybridized carbons (Fsp3) is 0.917. The van der Waals surface area contributed by atoms with Crippen molar-refractivity contribution in [3.63, 3.8) is 0 Å². The normalized spacial score (nSPS) is 18.1. The number of carbonyl (C=O) groups excluding carboxylic acids is 1. The Kier molecular flexibility index (Phi) is 5.36. The molecule has 0 unspecified atom stereocenters. The number of aliphatic hydroxyl groups is 1. The summed E-state index contributed by atoms with van der Waals surface area (Å²) in [5.74, 6) is -0.0809. The van der Waals surface area contributed by atoms with Gasteiger partial charge in [-0.15, -0.1) is 0 Å². The molecule has 0 bridgehead atoms. The number of hydrogen-bond acceptors (Lipinski definition) is 4. The van der Waals surface area contributed by atoms with E-state index in [0.29, 0.717) is 0 Å². The second kappa shape index (κ2) is 6.33. The Hall–Kier alpha value is -0.650. The van der Waals surface area contributed by atoms with Gasteiger partial charge in [0.15, 0.2) is 0 Å². The highest BCUT2D eigenvalue weighted by Gasteiger charge is 2.27. The number of nitrogens with one attached hydrogen (secondary N) is 1. The van der Waals surface area contributed by atoms with Crippen molar-refractivity contribution in [1.29, 1.82) is 0 Å². The van der Waals surface area contributed by atoms with Gasteiger partial charge >= 0.3 is 0 Å². The van der Waals surface area contributed by atoms with Crippen molar-refractivity contribution in [2.45, 2.75) is 38.3 Å². The minimum atomic E-state index is -0.533. The minimum absolute atomic E-state index is 0.0530. The third-order valence-corrected chi connectivity index (χ3v) is 3.40. The molecule has 1 heterocycles. The van der Waals surface area contributed by atoms with Gasteiger partial charge in [0.05, 0.1) is 18.2 Å². The van der Waals surface area contributed by atoms with Crippen molar-refractivity contribution >= 4 is 5.91 Å². The zero-order chi connectivity index (χ0) is 12.9. The molecular weight excluding hydrogens is 220 g/mol. The second-order valence-corrected chi connectivity index (χ2v) is 5.18. The molecule has 0 saturated carbocycles. The number of amides is 1. The van der Waals surface area contributed by atoms with Gasteiger partial charge in [0.25, 0.3) is 0 Å². The molecule has 5 nitrogen and oxygen atoms in total. The number of aliphatic hydroxyl groups excluding tert-OH is 1. The number of carbonyl (C=O) groups is 1. The number of hydrogen-bond donors (Lipinski definition) is 2. The lowest BCUT2D eigenvalue weighted by Gasteiger charge is -2.34. The number of rotatable bonds is 5. The van der Waals surface area contributed by atoms with Crippen LogP contribution in [-0.4, -0.2) is 60.9 Å². The largest absolute Gasteiger partial charge is 0.394 e. The fourth-order valence-corrected chi connectivity index (χ4v) is 1.69. The maximum atomic E-state index is 11.9. The first-order chi connectivity index (χ1) is 7.97. The minimum Gasteiger partial charge on any atom is -0.394 e. The van der Waals surface area contributed by atoms with E-state index in [1.54, 1.807) is 11.9 Å². The Morgan fingerprint density at radius 3 is 2.59 bits per heavy atom. The van der Waals surface area contributed by atoms with Gasteiger partial charge in [-0.3, -0.25) is 4.79 Å². The predicted molar refractivity (Wildman–Crippen MR) is 65.8 cm³/mol. The third-order valence-electron chi connectivity index (χ3n) is 3.40. The lowest BCUT2D eigenvalue weighted by atomic mass is 10.1. The summed E-state index contributed by atoms with van der Waals surface area (Å²) in [6, 6.07) is 0. The molecule has 0 spiro atoms. The fourth-order valence-electron chi connectivity index (χ4n) is 1.69. The summed E-state index contributed by atoms with van der Waals surface area (Å²) < 4.78 is 5.59. The highest BCUT2D eigenvalue weighted by molar-refractivity contribution is 5.77. The smallest absolute Gasteiger partial charge is 0.248 e. The van der Waals surface area contributed by atoms with Gasteiger partial charge in [0, 0.05) is 7.05 Å². The van der Waals surface area contributed by atoms with Gasteiger partial charge in [-0.25, -0.2) is 0 Å². The van der Waals surface area contributed by atoms with Crippen LogP contribution in [0.5, 0.6) is 0 Å². The number of likely N-dealkylation sites (N-methyl/N-ethyl adjacent to an activating group) is 1. The molecule has 5 heteroatoms. The molecule has 1 rings (SSSR count). The van der Waals surface area contributed by atoms with Gasteiger partial charge in [-0.1, -0.05) is 0 Å². The summed E-state index contributed by atoms with van der Waals surface area (Å²) in [6.45, 7) is 5.62. The highest BCUT2D eigenvalue weighted by Crippen LogP contribution is 2.12. The summed E-state index contributed by atoms with van der Waals surface area (Å²) in [5.41, 5.74) is -0.533. The Morgan fingerprint density at radius 1 is 1.47 bits per heavy atom. The highest BCUT2D eigenvalue weighted by atomic mass is 16.5. The van der Waals surface area contributed by atoms with E-state index in [2.05, 4.69) is 5.32 Å². The average Bonchev–Trinajstić information content (AvgIpc) is 2.36. The van der Waals surface area contributed by atoms with Crippen molar-refractivity contribution in [3.8, 4) is 0 Å². The predicted octanol–water partition coefficient (Wildman–Crippen LogP) is -0.0157. The molecule has 0 aromatic heterocycles. The first-order valence-electron chi connectivity index (χ1n) is 6.17. The Bertz CT molecular complexity index is 250. The van der Waals surface area contributed by atoms with E-state index in [1.807, 2.05) is 13.8 Å². The molecule has 1 fully saturated rings. The molecular formula is C12H24N2O3. The van der Waals surface area contributed by atoms with Crippen LogP contribution in [0.1, 0.15) is 26.7 Å². The maximum Gasteiger partial charge on any atom is 0.248 e. The summed E-state index contributed by atoms with van der Waals surface area (Å²) >= 11 is 0. The van der Waals surface area contributed by atoms with E-state index >= 15 is 0 Å². The maximum absolute atomic E-state index is 11.9. The van der Waals surface area contributed by atoms with Gasteiger partial charge < -0.3 is 20.1 Å². The second-order valence-electron chi connectivity index (χ2n) is 5.18. The molecule has 0 aromatic rings. The number of piperidine rings is 1. The lowest BCUT2D eigenvalue weighted by Crippen LogP contribution is -2.49. The molecule has 17 heavy (non-hydrogen) atoms. The first-order valence-corrected chi connectivity index (χ1v) is 6.17. The van der Waals surface area contributed by atoms with Gasteiger partial charge in [-0.05, 0) is 39.8 Å². The molecule has 2 N–H and O–H groups in total. The van der Waals surface area contributed by atoms with E-state index in [-0.39, 0.29) is 25.2 Å². The molecule has 0 aromatic carbocycles. The quantitative estimate of drug-likeness (QED) is 0.714. The molecule has 0 aliphatic carbocycles. The molecule has 1 aliphatic rings. The number of ether oxygens (including phenoxy) is 1. The summed E-state index contributed by atoms with van der Waals surface area (Å²) in [7, 11) is 1.70. The lowest BCUT2D eigenvalue weighted by molar-refractivity contribution is -0.143. The van der Waals surface area contributed by atoms with E-state index in [1.165, 1.54) is 0 Å². The molecule has 100 valence electrons. The topological polar surface area (TPSA) is 61.8 Å². The Labute approximate surface area is 103 Å². The van der Waals surface area contributed by atoms with E-state index < -0.39 is 5.54 Å². The van der Waals surface area contributed by atoms with Crippen molar-refractivity contribution in [2.24, 2.45) is 0 Å². The van der Waals surface area contributed by atoms with Crippen LogP contribution >= 0.6 is 0 Å². The van der Waals surface area contributed by atoms with Crippen molar-refractivity contribution in [3.05, 3.63) is 0 Å². The third kappa shape index (κ3) is 4.26. The van der Waals surface area contributed by atoms with Crippen LogP contribution < -0.4 is 5.32 Å². The summed E-state index contributed by atoms with van der Waals surface area (Å²) in [6.07, 6.45) is 2.10. The SMILES string of the molecule is CN(C(=O)COC1CCNCC1)C(C)(C)CO. The Balaban J connectivity index is 2.33. The molecule has 1 amide bonds. The van der Waals surface area contributed by atoms with Crippen molar-refractivity contribution in [2.75, 3.05) is 33.4 Å². The van der Waals surface area contributed by atoms with Gasteiger partial charge in [-0.2, -0.15) is 0 Å². The van der Waals surface area contributed by atoms with Crippen LogP contribution in [0, 0.1) is 0 Å². The average molecular weight is 244 g/mol. The molecule has 1 saturated heterocycles. The van der Waals surface area contributed by atoms with Crippen LogP contribution in [0.3, 0.4) is 0 Å². The summed E-state index contributed by atoms with van der Waals surface area (Å²) in [5, 5.41) is 12.4. The zero-order valence-corrected chi connectivity index (χ0v) is 11.0. The van der Waals surface area contributed by atoms with Crippen LogP contribution in [0.25, 0.3) is 0 Å². The molecule has 0 atom stereocenters. The van der Waals surface area contributed by atoms with Crippen molar-refractivity contribution < 1.29 is 14.6 Å². The van der Waals surface area contributed by atoms with E-state index in [9.17, 15) is 9.90 Å². The standard InChI is InChI=1S/C12H24N2O3/c1-12(2,9-15)14(3)11(16)8-17-10-4-6-13-7-5-10/h10,13,15H,4-9H2,1-3H3. The molecule has 1 aliphatic heterocycles. The van der Waals surface area contributed by atoms with Gasteiger partial charge in [0.1, 0.15) is 6.61 Å². The number of nitrogens with zero attached hydrogens (tertiary/aromatic N) is 1. The van der Waals surface area contributed by atoms with Crippen molar-refractivity contribution in [1.82, 2.24) is 10.2 Å². The zero-order valence-electron chi connectivity index (χ0n) is 11.0. The first kappa shape index (κ1) is 14.4. The Morgan fingerprint density at radius 2 is 2.06 bits per heavy atom. The van der Waals surface area contributed by atoms with E-state index in [4.69, 9.17) is 4.74 Å². The molecule has 0 radical (unpaired) electrons. The van der Waals surface area contributed by atoms with Crippen LogP contribution in [0.15, 0.2) is 0 Å². The van der Waals surface area contributed by atoms with Crippen LogP contribution in [0.2, 0.25) is 0 Å². The van der Waals surface area contributed by atoms with E-state index in [0.717, 1.165) is 25.9 Å². The van der Waals surface area contributed by atoms with Gasteiger partial charge in [0.2, 0.25) is 5.91 Å². The van der Waals surface area contributed by atoms with Crippen LogP contribution in [-0.2, 0) is 9.53 Å². The monoisotopic (exact) mass is 244 g/mol.